The number of piperidine rings is 1. The normalized spacial score (nSPS) is 17.0. The molecule has 6 amide bonds. The van der Waals surface area contributed by atoms with Crippen molar-refractivity contribution in [2.45, 2.75) is 83.5 Å². The Morgan fingerprint density at radius 3 is 2.54 bits per heavy atom. The molecule has 4 heterocycles. The monoisotopic (exact) mass is 921 g/mol. The van der Waals surface area contributed by atoms with Gasteiger partial charge in [0.2, 0.25) is 23.6 Å². The fourth-order valence-corrected chi connectivity index (χ4v) is 8.48. The second kappa shape index (κ2) is 20.3. The second-order valence-electron chi connectivity index (χ2n) is 15.9. The molecule has 1 unspecified atom stereocenters. The molecule has 0 radical (unpaired) electrons. The number of amides is 6. The summed E-state index contributed by atoms with van der Waals surface area (Å²) in [7, 11) is 3.32. The van der Waals surface area contributed by atoms with Gasteiger partial charge >= 0.3 is 0 Å². The first-order valence-electron chi connectivity index (χ1n) is 21.3. The van der Waals surface area contributed by atoms with Crippen LogP contribution in [0, 0.1) is 0 Å². The van der Waals surface area contributed by atoms with Gasteiger partial charge in [-0.15, -0.1) is 0 Å². The average Bonchev–Trinajstić information content (AvgIpc) is 3.61. The summed E-state index contributed by atoms with van der Waals surface area (Å²) < 4.78 is 6.69. The molecule has 3 aliphatic heterocycles. The van der Waals surface area contributed by atoms with E-state index in [1.54, 1.807) is 55.6 Å². The van der Waals surface area contributed by atoms with E-state index in [-0.39, 0.29) is 55.0 Å². The van der Waals surface area contributed by atoms with E-state index < -0.39 is 11.9 Å². The molecular weight excluding hydrogens is 870 g/mol. The third-order valence-electron chi connectivity index (χ3n) is 11.7. The van der Waals surface area contributed by atoms with E-state index in [9.17, 15) is 28.8 Å². The molecule has 0 aliphatic carbocycles. The number of anilines is 3. The number of hydrogen-bond donors (Lipinski definition) is 4. The first-order valence-corrected chi connectivity index (χ1v) is 22.1. The standard InChI is InChI=1S/C46H52BrN9O7/c1-4-35-46(62)54(2)37-25-50-39(52-42(37)55(35)26-28-12-16-31(47)17-13-28)24-29-14-15-30(23-38(29)63-3)43(59)49-22-8-21-48-20-6-5-11-40(57)51-34-10-7-9-32-33(34)27-56(45(32)61)36-18-19-41(58)53-44(36)60/h7,9-10,12-17,23,25,35-36,48H,4-6,8,11,18-22,24,26-27H2,1-3H3,(H,49,59)(H,51,57)(H,53,58,60)/t35-,36?/m1/s1. The summed E-state index contributed by atoms with van der Waals surface area (Å²) in [5.74, 6) is 0.323. The number of likely N-dealkylation sites (N-methyl/N-ethyl adjacent to an activating group) is 1. The van der Waals surface area contributed by atoms with Gasteiger partial charge in [0, 0.05) is 78.4 Å². The minimum Gasteiger partial charge on any atom is -0.496 e. The van der Waals surface area contributed by atoms with Gasteiger partial charge in [-0.25, -0.2) is 9.97 Å². The molecule has 7 rings (SSSR count). The summed E-state index contributed by atoms with van der Waals surface area (Å²) in [6, 6.07) is 17.4. The Bertz CT molecular complexity index is 2390. The molecule has 0 spiro atoms. The Morgan fingerprint density at radius 1 is 0.984 bits per heavy atom. The number of hydrogen-bond acceptors (Lipinski definition) is 11. The number of nitrogens with one attached hydrogen (secondary N) is 4. The molecule has 17 heteroatoms. The molecule has 330 valence electrons. The summed E-state index contributed by atoms with van der Waals surface area (Å²) in [5, 5.41) is 11.6. The Labute approximate surface area is 374 Å². The summed E-state index contributed by atoms with van der Waals surface area (Å²) in [4.78, 5) is 91.1. The topological polar surface area (TPSA) is 195 Å². The van der Waals surface area contributed by atoms with Gasteiger partial charge < -0.3 is 35.4 Å². The minimum atomic E-state index is -0.721. The summed E-state index contributed by atoms with van der Waals surface area (Å²) in [6.45, 7) is 4.57. The zero-order valence-corrected chi connectivity index (χ0v) is 37.3. The van der Waals surface area contributed by atoms with Gasteiger partial charge in [0.25, 0.3) is 11.8 Å². The second-order valence-corrected chi connectivity index (χ2v) is 16.8. The Kier molecular flexibility index (Phi) is 14.5. The van der Waals surface area contributed by atoms with E-state index in [0.29, 0.717) is 104 Å². The quantitative estimate of drug-likeness (QED) is 0.0785. The Balaban J connectivity index is 0.833. The molecular formula is C46H52BrN9O7. The third kappa shape index (κ3) is 10.4. The van der Waals surface area contributed by atoms with Crippen LogP contribution in [-0.2, 0) is 38.7 Å². The fourth-order valence-electron chi connectivity index (χ4n) is 8.22. The molecule has 1 fully saturated rings. The number of carbonyl (C=O) groups is 6. The Hall–Kier alpha value is -6.20. The van der Waals surface area contributed by atoms with Gasteiger partial charge in [-0.1, -0.05) is 47.1 Å². The van der Waals surface area contributed by atoms with Crippen molar-refractivity contribution in [2.24, 2.45) is 0 Å². The van der Waals surface area contributed by atoms with E-state index in [1.165, 1.54) is 4.90 Å². The van der Waals surface area contributed by atoms with Crippen LogP contribution in [0.4, 0.5) is 17.2 Å². The Morgan fingerprint density at radius 2 is 1.78 bits per heavy atom. The van der Waals surface area contributed by atoms with Gasteiger partial charge in [0.15, 0.2) is 5.82 Å². The highest BCUT2D eigenvalue weighted by Crippen LogP contribution is 2.36. The molecule has 1 saturated heterocycles. The zero-order chi connectivity index (χ0) is 44.6. The lowest BCUT2D eigenvalue weighted by atomic mass is 10.0. The van der Waals surface area contributed by atoms with Crippen LogP contribution in [0.2, 0.25) is 0 Å². The lowest BCUT2D eigenvalue weighted by Gasteiger charge is -2.40. The SMILES string of the molecule is CC[C@@H]1C(=O)N(C)c2cnc(Cc3ccc(C(=O)NCCCNCCCCC(=O)Nc4cccc5c4CN(C4CCC(=O)NC4=O)C5=O)cc3OC)nc2N1Cc1ccc(Br)cc1. The molecule has 4 N–H and O–H groups in total. The lowest BCUT2D eigenvalue weighted by molar-refractivity contribution is -0.137. The van der Waals surface area contributed by atoms with Crippen molar-refractivity contribution >= 4 is 68.6 Å². The first-order chi connectivity index (χ1) is 30.4. The van der Waals surface area contributed by atoms with E-state index in [1.807, 2.05) is 37.3 Å². The molecule has 1 aromatic heterocycles. The van der Waals surface area contributed by atoms with Gasteiger partial charge in [-0.3, -0.25) is 34.1 Å². The number of fused-ring (bicyclic) bond motifs is 2. The van der Waals surface area contributed by atoms with Gasteiger partial charge in [-0.2, -0.15) is 0 Å². The molecule has 0 saturated carbocycles. The van der Waals surface area contributed by atoms with Crippen molar-refractivity contribution in [3.63, 3.8) is 0 Å². The largest absolute Gasteiger partial charge is 0.496 e. The van der Waals surface area contributed by atoms with E-state index >= 15 is 0 Å². The summed E-state index contributed by atoms with van der Waals surface area (Å²) >= 11 is 3.50. The number of unbranched alkanes of at least 4 members (excludes halogenated alkanes) is 1. The number of rotatable bonds is 18. The number of nitrogens with zero attached hydrogens (tertiary/aromatic N) is 5. The van der Waals surface area contributed by atoms with Crippen LogP contribution in [0.5, 0.6) is 5.75 Å². The number of benzene rings is 3. The fraction of sp³-hybridized carbons (Fsp3) is 0.391. The molecule has 3 aliphatic rings. The predicted octanol–water partition coefficient (Wildman–Crippen LogP) is 4.88. The van der Waals surface area contributed by atoms with Crippen molar-refractivity contribution in [2.75, 3.05) is 48.9 Å². The number of imide groups is 1. The highest BCUT2D eigenvalue weighted by molar-refractivity contribution is 9.10. The van der Waals surface area contributed by atoms with Crippen LogP contribution in [0.3, 0.4) is 0 Å². The molecule has 4 aromatic rings. The average molecular weight is 923 g/mol. The van der Waals surface area contributed by atoms with Crippen molar-refractivity contribution in [3.05, 3.63) is 105 Å². The van der Waals surface area contributed by atoms with Gasteiger partial charge in [-0.05, 0) is 87.2 Å². The zero-order valence-electron chi connectivity index (χ0n) is 35.7. The molecule has 16 nitrogen and oxygen atoms in total. The van der Waals surface area contributed by atoms with Crippen LogP contribution < -0.4 is 35.8 Å². The number of ether oxygens (including phenoxy) is 1. The van der Waals surface area contributed by atoms with Crippen molar-refractivity contribution < 1.29 is 33.5 Å². The maximum absolute atomic E-state index is 13.3. The van der Waals surface area contributed by atoms with Crippen molar-refractivity contribution in [1.29, 1.82) is 0 Å². The number of methoxy groups -OCH3 is 1. The van der Waals surface area contributed by atoms with Crippen LogP contribution in [0.25, 0.3) is 0 Å². The molecule has 0 bridgehead atoms. The summed E-state index contributed by atoms with van der Waals surface area (Å²) in [5.41, 5.74) is 4.66. The molecule has 2 atom stereocenters. The van der Waals surface area contributed by atoms with E-state index in [2.05, 4.69) is 47.1 Å². The molecule has 63 heavy (non-hydrogen) atoms. The third-order valence-corrected chi connectivity index (χ3v) is 12.2. The van der Waals surface area contributed by atoms with Crippen LogP contribution >= 0.6 is 15.9 Å². The van der Waals surface area contributed by atoms with Crippen molar-refractivity contribution in [3.8, 4) is 5.75 Å². The van der Waals surface area contributed by atoms with Crippen LogP contribution in [0.15, 0.2) is 71.3 Å². The lowest BCUT2D eigenvalue weighted by Crippen LogP contribution is -2.52. The highest BCUT2D eigenvalue weighted by atomic mass is 79.9. The number of carbonyl (C=O) groups excluding carboxylic acids is 6. The van der Waals surface area contributed by atoms with Gasteiger partial charge in [0.1, 0.15) is 29.3 Å². The minimum absolute atomic E-state index is 0.000872. The van der Waals surface area contributed by atoms with Crippen LogP contribution in [0.1, 0.15) is 95.1 Å². The highest BCUT2D eigenvalue weighted by Gasteiger charge is 2.40. The maximum atomic E-state index is 13.3. The van der Waals surface area contributed by atoms with Crippen LogP contribution in [-0.4, -0.2) is 96.2 Å². The van der Waals surface area contributed by atoms with E-state index in [4.69, 9.17) is 9.72 Å². The predicted molar refractivity (Wildman–Crippen MR) is 240 cm³/mol. The van der Waals surface area contributed by atoms with Crippen molar-refractivity contribution in [1.82, 2.24) is 30.8 Å². The number of halogens is 1. The first kappa shape index (κ1) is 44.8. The van der Waals surface area contributed by atoms with Gasteiger partial charge in [0.05, 0.1) is 13.3 Å². The smallest absolute Gasteiger partial charge is 0.255 e. The summed E-state index contributed by atoms with van der Waals surface area (Å²) in [6.07, 6.45) is 5.58. The molecule has 3 aromatic carbocycles. The maximum Gasteiger partial charge on any atom is 0.255 e. The number of aromatic nitrogens is 2. The van der Waals surface area contributed by atoms with E-state index in [0.717, 1.165) is 22.0 Å².